The van der Waals surface area contributed by atoms with E-state index in [2.05, 4.69) is 21.0 Å². The number of halogens is 4. The van der Waals surface area contributed by atoms with E-state index < -0.39 is 11.9 Å². The summed E-state index contributed by atoms with van der Waals surface area (Å²) in [6.07, 6.45) is -4.44. The Bertz CT molecular complexity index is 608. The third-order valence-electron chi connectivity index (χ3n) is 2.62. The van der Waals surface area contributed by atoms with Gasteiger partial charge in [-0.3, -0.25) is 4.68 Å². The molecule has 0 aliphatic carbocycles. The summed E-state index contributed by atoms with van der Waals surface area (Å²) in [5.41, 5.74) is 0.103. The van der Waals surface area contributed by atoms with Gasteiger partial charge in [0.1, 0.15) is 5.75 Å². The van der Waals surface area contributed by atoms with Crippen LogP contribution in [0.15, 0.2) is 28.7 Å². The Morgan fingerprint density at radius 1 is 1.26 bits per heavy atom. The van der Waals surface area contributed by atoms with E-state index in [1.807, 2.05) is 0 Å². The predicted molar refractivity (Wildman–Crippen MR) is 67.9 cm³/mol. The maximum absolute atomic E-state index is 12.6. The third kappa shape index (κ3) is 2.75. The second-order valence-electron chi connectivity index (χ2n) is 3.89. The Balaban J connectivity index is 2.48. The molecule has 2 aromatic rings. The van der Waals surface area contributed by atoms with Crippen molar-refractivity contribution in [2.45, 2.75) is 6.18 Å². The van der Waals surface area contributed by atoms with Gasteiger partial charge in [0, 0.05) is 12.6 Å². The van der Waals surface area contributed by atoms with E-state index in [9.17, 15) is 13.2 Å². The smallest absolute Gasteiger partial charge is 0.435 e. The number of aryl methyl sites for hydroxylation is 1. The Kier molecular flexibility index (Phi) is 3.58. The summed E-state index contributed by atoms with van der Waals surface area (Å²) < 4.78 is 44.7. The average molecular weight is 335 g/mol. The van der Waals surface area contributed by atoms with Crippen LogP contribution < -0.4 is 4.74 Å². The zero-order valence-corrected chi connectivity index (χ0v) is 11.7. The summed E-state index contributed by atoms with van der Waals surface area (Å²) in [5, 5.41) is 3.48. The minimum Gasteiger partial charge on any atom is -0.496 e. The van der Waals surface area contributed by atoms with Crippen molar-refractivity contribution in [2.75, 3.05) is 7.11 Å². The SMILES string of the molecule is COc1ccc(-c2cc(C(F)(F)F)nn2C)cc1Br. The highest BCUT2D eigenvalue weighted by molar-refractivity contribution is 9.10. The van der Waals surface area contributed by atoms with Crippen LogP contribution in [-0.4, -0.2) is 16.9 Å². The van der Waals surface area contributed by atoms with Gasteiger partial charge in [-0.15, -0.1) is 0 Å². The van der Waals surface area contributed by atoms with Gasteiger partial charge >= 0.3 is 6.18 Å². The van der Waals surface area contributed by atoms with Crippen LogP contribution in [0.5, 0.6) is 5.75 Å². The number of nitrogens with zero attached hydrogens (tertiary/aromatic N) is 2. The molecule has 0 aliphatic heterocycles. The van der Waals surface area contributed by atoms with Crippen molar-refractivity contribution in [2.24, 2.45) is 7.05 Å². The molecule has 1 heterocycles. The molecule has 1 aromatic carbocycles. The molecule has 1 aromatic heterocycles. The van der Waals surface area contributed by atoms with Crippen LogP contribution in [0.2, 0.25) is 0 Å². The number of ether oxygens (including phenoxy) is 1. The van der Waals surface area contributed by atoms with Crippen LogP contribution in [0.25, 0.3) is 11.3 Å². The number of benzene rings is 1. The highest BCUT2D eigenvalue weighted by Gasteiger charge is 2.34. The fourth-order valence-electron chi connectivity index (χ4n) is 1.70. The van der Waals surface area contributed by atoms with Crippen molar-refractivity contribution in [1.29, 1.82) is 0 Å². The molecule has 0 saturated carbocycles. The molecule has 0 fully saturated rings. The fraction of sp³-hybridized carbons (Fsp3) is 0.250. The molecule has 0 aliphatic rings. The maximum Gasteiger partial charge on any atom is 0.435 e. The van der Waals surface area contributed by atoms with E-state index in [1.54, 1.807) is 18.2 Å². The number of rotatable bonds is 2. The molecule has 0 spiro atoms. The average Bonchev–Trinajstić information content (AvgIpc) is 2.71. The highest BCUT2D eigenvalue weighted by atomic mass is 79.9. The molecule has 0 saturated heterocycles. The number of methoxy groups -OCH3 is 1. The summed E-state index contributed by atoms with van der Waals surface area (Å²) in [6.45, 7) is 0. The lowest BCUT2D eigenvalue weighted by Gasteiger charge is -2.06. The number of alkyl halides is 3. The Labute approximate surface area is 116 Å². The normalized spacial score (nSPS) is 11.7. The molecule has 0 atom stereocenters. The molecule has 3 nitrogen and oxygen atoms in total. The van der Waals surface area contributed by atoms with Gasteiger partial charge in [-0.05, 0) is 40.2 Å². The Morgan fingerprint density at radius 3 is 2.42 bits per heavy atom. The van der Waals surface area contributed by atoms with E-state index >= 15 is 0 Å². The molecule has 2 rings (SSSR count). The molecule has 19 heavy (non-hydrogen) atoms. The Morgan fingerprint density at radius 2 is 1.95 bits per heavy atom. The van der Waals surface area contributed by atoms with Gasteiger partial charge < -0.3 is 4.74 Å². The van der Waals surface area contributed by atoms with Crippen molar-refractivity contribution in [1.82, 2.24) is 9.78 Å². The lowest BCUT2D eigenvalue weighted by molar-refractivity contribution is -0.141. The zero-order chi connectivity index (χ0) is 14.2. The lowest BCUT2D eigenvalue weighted by atomic mass is 10.1. The quantitative estimate of drug-likeness (QED) is 0.833. The first kappa shape index (κ1) is 13.9. The summed E-state index contributed by atoms with van der Waals surface area (Å²) in [4.78, 5) is 0. The third-order valence-corrected chi connectivity index (χ3v) is 3.24. The zero-order valence-electron chi connectivity index (χ0n) is 10.1. The molecule has 7 heteroatoms. The summed E-state index contributed by atoms with van der Waals surface area (Å²) in [7, 11) is 2.99. The largest absolute Gasteiger partial charge is 0.496 e. The maximum atomic E-state index is 12.6. The van der Waals surface area contributed by atoms with Gasteiger partial charge in [0.15, 0.2) is 5.69 Å². The van der Waals surface area contributed by atoms with Gasteiger partial charge in [0.05, 0.1) is 17.3 Å². The van der Waals surface area contributed by atoms with Crippen LogP contribution in [0.4, 0.5) is 13.2 Å². The van der Waals surface area contributed by atoms with Crippen LogP contribution in [0.1, 0.15) is 5.69 Å². The van der Waals surface area contributed by atoms with Gasteiger partial charge in [-0.1, -0.05) is 0 Å². The van der Waals surface area contributed by atoms with Gasteiger partial charge in [0.25, 0.3) is 0 Å². The summed E-state index contributed by atoms with van der Waals surface area (Å²) in [6, 6.07) is 6.07. The van der Waals surface area contributed by atoms with E-state index in [0.717, 1.165) is 6.07 Å². The van der Waals surface area contributed by atoms with E-state index in [-0.39, 0.29) is 0 Å². The number of aromatic nitrogens is 2. The van der Waals surface area contributed by atoms with Crippen molar-refractivity contribution in [3.63, 3.8) is 0 Å². The monoisotopic (exact) mass is 334 g/mol. The topological polar surface area (TPSA) is 27.1 Å². The number of hydrogen-bond donors (Lipinski definition) is 0. The predicted octanol–water partition coefficient (Wildman–Crippen LogP) is 3.88. The molecule has 0 radical (unpaired) electrons. The first-order valence-corrected chi connectivity index (χ1v) is 6.07. The molecule has 102 valence electrons. The fourth-order valence-corrected chi connectivity index (χ4v) is 2.24. The summed E-state index contributed by atoms with van der Waals surface area (Å²) >= 11 is 3.30. The van der Waals surface area contributed by atoms with E-state index in [1.165, 1.54) is 18.8 Å². The molecular formula is C12H10BrF3N2O. The number of hydrogen-bond acceptors (Lipinski definition) is 2. The second kappa shape index (κ2) is 4.88. The molecule has 0 bridgehead atoms. The van der Waals surface area contributed by atoms with E-state index in [4.69, 9.17) is 4.74 Å². The van der Waals surface area contributed by atoms with Crippen LogP contribution in [-0.2, 0) is 13.2 Å². The molecule has 0 unspecified atom stereocenters. The lowest BCUT2D eigenvalue weighted by Crippen LogP contribution is -2.06. The molecule has 0 amide bonds. The Hall–Kier alpha value is -1.50. The van der Waals surface area contributed by atoms with Crippen molar-refractivity contribution < 1.29 is 17.9 Å². The van der Waals surface area contributed by atoms with Crippen molar-refractivity contribution >= 4 is 15.9 Å². The summed E-state index contributed by atoms with van der Waals surface area (Å²) in [5.74, 6) is 0.613. The molecule has 0 N–H and O–H groups in total. The minimum absolute atomic E-state index is 0.385. The minimum atomic E-state index is -4.44. The van der Waals surface area contributed by atoms with Crippen molar-refractivity contribution in [3.8, 4) is 17.0 Å². The van der Waals surface area contributed by atoms with Crippen LogP contribution in [0.3, 0.4) is 0 Å². The van der Waals surface area contributed by atoms with Gasteiger partial charge in [-0.2, -0.15) is 18.3 Å². The first-order chi connectivity index (χ1) is 8.82. The molecular weight excluding hydrogens is 325 g/mol. The van der Waals surface area contributed by atoms with Gasteiger partial charge in [0.2, 0.25) is 0 Å². The van der Waals surface area contributed by atoms with Crippen LogP contribution >= 0.6 is 15.9 Å². The van der Waals surface area contributed by atoms with Crippen molar-refractivity contribution in [3.05, 3.63) is 34.4 Å². The van der Waals surface area contributed by atoms with Gasteiger partial charge in [-0.25, -0.2) is 0 Å². The van der Waals surface area contributed by atoms with Crippen LogP contribution in [0, 0.1) is 0 Å². The second-order valence-corrected chi connectivity index (χ2v) is 4.74. The standard InChI is InChI=1S/C12H10BrF3N2O/c1-18-9(6-11(17-18)12(14,15)16)7-3-4-10(19-2)8(13)5-7/h3-6H,1-2H3. The van der Waals surface area contributed by atoms with E-state index in [0.29, 0.717) is 21.5 Å². The first-order valence-electron chi connectivity index (χ1n) is 5.28. The highest BCUT2D eigenvalue weighted by Crippen LogP contribution is 2.34.